The first-order chi connectivity index (χ1) is 10.9. The van der Waals surface area contributed by atoms with Crippen molar-refractivity contribution in [3.63, 3.8) is 0 Å². The number of aryl methyl sites for hydroxylation is 1. The molecule has 0 bridgehead atoms. The molecule has 2 rings (SSSR count). The fourth-order valence-corrected chi connectivity index (χ4v) is 2.82. The number of carbonyl (C=O) groups excluding carboxylic acids is 1. The second-order valence-electron chi connectivity index (χ2n) is 5.09. The predicted molar refractivity (Wildman–Crippen MR) is 86.8 cm³/mol. The molecule has 0 radical (unpaired) electrons. The molecule has 2 atom stereocenters. The number of nitrogens with one attached hydrogen (secondary N) is 1. The summed E-state index contributed by atoms with van der Waals surface area (Å²) in [4.78, 5) is 22.8. The highest BCUT2D eigenvalue weighted by molar-refractivity contribution is 7.85. The van der Waals surface area contributed by atoms with E-state index in [0.717, 1.165) is 5.56 Å². The van der Waals surface area contributed by atoms with Gasteiger partial charge in [-0.1, -0.05) is 17.7 Å². The smallest absolute Gasteiger partial charge is 0.371 e. The third-order valence-corrected chi connectivity index (χ3v) is 4.81. The molecular formula is C16H17NO5S. The molecule has 1 aromatic heterocycles. The van der Waals surface area contributed by atoms with Crippen LogP contribution < -0.4 is 5.32 Å². The molecule has 0 aliphatic rings. The molecule has 6 nitrogen and oxygen atoms in total. The van der Waals surface area contributed by atoms with Crippen molar-refractivity contribution in [1.29, 1.82) is 0 Å². The molecular weight excluding hydrogens is 318 g/mol. The molecule has 2 N–H and O–H groups in total. The van der Waals surface area contributed by atoms with Crippen molar-refractivity contribution in [2.24, 2.45) is 0 Å². The Balaban J connectivity index is 1.96. The van der Waals surface area contributed by atoms with Crippen LogP contribution in [0.3, 0.4) is 0 Å². The lowest BCUT2D eigenvalue weighted by atomic mass is 10.2. The Hall–Kier alpha value is -2.41. The number of furan rings is 1. The maximum atomic E-state index is 12.2. The van der Waals surface area contributed by atoms with Crippen LogP contribution in [-0.4, -0.2) is 26.4 Å². The predicted octanol–water partition coefficient (Wildman–Crippen LogP) is 2.56. The van der Waals surface area contributed by atoms with Crippen LogP contribution >= 0.6 is 0 Å². The Labute approximate surface area is 136 Å². The molecule has 1 amide bonds. The van der Waals surface area contributed by atoms with Crippen LogP contribution in [0.5, 0.6) is 0 Å². The number of aromatic carboxylic acids is 1. The van der Waals surface area contributed by atoms with Gasteiger partial charge in [0.05, 0.1) is 5.75 Å². The lowest BCUT2D eigenvalue weighted by Crippen LogP contribution is -2.29. The van der Waals surface area contributed by atoms with Crippen molar-refractivity contribution >= 4 is 28.4 Å². The monoisotopic (exact) mass is 335 g/mol. The number of hydrogen-bond donors (Lipinski definition) is 2. The molecule has 0 spiro atoms. The fourth-order valence-electron chi connectivity index (χ4n) is 1.84. The SMILES string of the molecule is Cc1ccc(NC(=O)C(C)S(=O)Cc2ccc(C(=O)O)o2)cc1. The molecule has 7 heteroatoms. The minimum atomic E-state index is -1.52. The topological polar surface area (TPSA) is 96.6 Å². The Morgan fingerprint density at radius 1 is 1.22 bits per heavy atom. The second kappa shape index (κ2) is 7.23. The van der Waals surface area contributed by atoms with E-state index in [4.69, 9.17) is 9.52 Å². The van der Waals surface area contributed by atoms with E-state index in [9.17, 15) is 13.8 Å². The Morgan fingerprint density at radius 3 is 2.43 bits per heavy atom. The van der Waals surface area contributed by atoms with Gasteiger partial charge in [0.1, 0.15) is 11.0 Å². The number of hydrogen-bond acceptors (Lipinski definition) is 4. The van der Waals surface area contributed by atoms with Gasteiger partial charge in [-0.3, -0.25) is 9.00 Å². The maximum Gasteiger partial charge on any atom is 0.371 e. The van der Waals surface area contributed by atoms with Crippen LogP contribution in [0.4, 0.5) is 5.69 Å². The highest BCUT2D eigenvalue weighted by atomic mass is 32.2. The Morgan fingerprint density at radius 2 is 1.87 bits per heavy atom. The van der Waals surface area contributed by atoms with Gasteiger partial charge >= 0.3 is 5.97 Å². The van der Waals surface area contributed by atoms with E-state index < -0.39 is 22.0 Å². The summed E-state index contributed by atoms with van der Waals surface area (Å²) in [6, 6.07) is 10.0. The van der Waals surface area contributed by atoms with Crippen LogP contribution in [-0.2, 0) is 21.3 Å². The molecule has 122 valence electrons. The van der Waals surface area contributed by atoms with Gasteiger partial charge in [0.2, 0.25) is 11.7 Å². The third kappa shape index (κ3) is 4.53. The molecule has 0 saturated carbocycles. The highest BCUT2D eigenvalue weighted by Crippen LogP contribution is 2.14. The molecule has 0 aliphatic heterocycles. The van der Waals surface area contributed by atoms with Crippen molar-refractivity contribution < 1.29 is 23.3 Å². The molecule has 23 heavy (non-hydrogen) atoms. The quantitative estimate of drug-likeness (QED) is 0.845. The van der Waals surface area contributed by atoms with Crippen LogP contribution in [0.2, 0.25) is 0 Å². The summed E-state index contributed by atoms with van der Waals surface area (Å²) in [5.74, 6) is -1.51. The van der Waals surface area contributed by atoms with Crippen molar-refractivity contribution in [1.82, 2.24) is 0 Å². The van der Waals surface area contributed by atoms with Gasteiger partial charge in [-0.15, -0.1) is 0 Å². The summed E-state index contributed by atoms with van der Waals surface area (Å²) in [6.45, 7) is 3.50. The van der Waals surface area contributed by atoms with Crippen molar-refractivity contribution in [3.05, 3.63) is 53.5 Å². The van der Waals surface area contributed by atoms with E-state index in [1.807, 2.05) is 19.1 Å². The number of rotatable bonds is 6. The molecule has 0 saturated heterocycles. The lowest BCUT2D eigenvalue weighted by Gasteiger charge is -2.11. The van der Waals surface area contributed by atoms with Crippen LogP contribution in [0.15, 0.2) is 40.8 Å². The van der Waals surface area contributed by atoms with E-state index in [-0.39, 0.29) is 23.2 Å². The lowest BCUT2D eigenvalue weighted by molar-refractivity contribution is -0.115. The first-order valence-corrected chi connectivity index (χ1v) is 8.31. The van der Waals surface area contributed by atoms with Gasteiger partial charge in [0.15, 0.2) is 0 Å². The number of amides is 1. The van der Waals surface area contributed by atoms with Crippen molar-refractivity contribution in [2.45, 2.75) is 24.9 Å². The van der Waals surface area contributed by atoms with Crippen LogP contribution in [0.25, 0.3) is 0 Å². The van der Waals surface area contributed by atoms with Crippen LogP contribution in [0, 0.1) is 6.92 Å². The zero-order valence-corrected chi connectivity index (χ0v) is 13.6. The zero-order valence-electron chi connectivity index (χ0n) is 12.7. The van der Waals surface area contributed by atoms with E-state index in [1.54, 1.807) is 19.1 Å². The number of carboxylic acid groups (broad SMARTS) is 1. The standard InChI is InChI=1S/C16H17NO5S/c1-10-3-5-12(6-4-10)17-15(18)11(2)23(21)9-13-7-8-14(22-13)16(19)20/h3-8,11H,9H2,1-2H3,(H,17,18)(H,19,20). The summed E-state index contributed by atoms with van der Waals surface area (Å²) in [5, 5.41) is 10.7. The van der Waals surface area contributed by atoms with Gasteiger partial charge in [0.25, 0.3) is 0 Å². The van der Waals surface area contributed by atoms with Gasteiger partial charge in [-0.25, -0.2) is 4.79 Å². The molecule has 2 aromatic rings. The average molecular weight is 335 g/mol. The molecule has 2 unspecified atom stereocenters. The summed E-state index contributed by atoms with van der Waals surface area (Å²) in [5.41, 5.74) is 1.71. The number of anilines is 1. The molecule has 0 fully saturated rings. The summed E-state index contributed by atoms with van der Waals surface area (Å²) in [6.07, 6.45) is 0. The van der Waals surface area contributed by atoms with E-state index in [1.165, 1.54) is 12.1 Å². The van der Waals surface area contributed by atoms with Gasteiger partial charge in [-0.2, -0.15) is 0 Å². The first kappa shape index (κ1) is 17.0. The molecule has 1 heterocycles. The van der Waals surface area contributed by atoms with Crippen molar-refractivity contribution in [2.75, 3.05) is 5.32 Å². The number of benzene rings is 1. The third-order valence-electron chi connectivity index (χ3n) is 3.24. The van der Waals surface area contributed by atoms with Gasteiger partial charge in [0, 0.05) is 16.5 Å². The Kier molecular flexibility index (Phi) is 5.33. The molecule has 0 aliphatic carbocycles. The van der Waals surface area contributed by atoms with E-state index in [0.29, 0.717) is 5.69 Å². The maximum absolute atomic E-state index is 12.2. The average Bonchev–Trinajstić information content (AvgIpc) is 2.97. The van der Waals surface area contributed by atoms with Crippen molar-refractivity contribution in [3.8, 4) is 0 Å². The second-order valence-corrected chi connectivity index (χ2v) is 6.85. The zero-order chi connectivity index (χ0) is 17.0. The summed E-state index contributed by atoms with van der Waals surface area (Å²) < 4.78 is 17.3. The van der Waals surface area contributed by atoms with E-state index in [2.05, 4.69) is 5.32 Å². The number of carbonyl (C=O) groups is 2. The van der Waals surface area contributed by atoms with E-state index >= 15 is 0 Å². The number of carboxylic acids is 1. The minimum absolute atomic E-state index is 0.0181. The fraction of sp³-hybridized carbons (Fsp3) is 0.250. The minimum Gasteiger partial charge on any atom is -0.475 e. The highest BCUT2D eigenvalue weighted by Gasteiger charge is 2.22. The van der Waals surface area contributed by atoms with Gasteiger partial charge in [-0.05, 0) is 38.1 Å². The summed E-state index contributed by atoms with van der Waals surface area (Å²) in [7, 11) is -1.52. The first-order valence-electron chi connectivity index (χ1n) is 6.93. The molecule has 1 aromatic carbocycles. The van der Waals surface area contributed by atoms with Gasteiger partial charge < -0.3 is 14.8 Å². The van der Waals surface area contributed by atoms with Crippen LogP contribution in [0.1, 0.15) is 28.8 Å². The Bertz CT molecular complexity index is 735. The largest absolute Gasteiger partial charge is 0.475 e. The summed E-state index contributed by atoms with van der Waals surface area (Å²) >= 11 is 0. The normalized spacial score (nSPS) is 13.3.